The molecule has 0 aromatic heterocycles. The maximum atomic E-state index is 11.6. The topological polar surface area (TPSA) is 87.1 Å². The predicted molar refractivity (Wildman–Crippen MR) is 139 cm³/mol. The standard InChI is InChI=1S/C28H45NO5S/c1-3-4-6-17-29(35(31,32)33)18-7-5-8-19-34-27-14-13-26-25-11-9-21-20-22(30)10-12-23(21)24(25)15-16-28(26,27)2/h10,12,20,24-27,30H,3-9,11,13-19H2,1-2H3,(H,31,32,33)/t24-,25-,26+,27-,28+/m1/s1. The molecule has 0 bridgehead atoms. The van der Waals surface area contributed by atoms with Crippen LogP contribution in [-0.2, 0) is 21.5 Å². The van der Waals surface area contributed by atoms with Gasteiger partial charge >= 0.3 is 10.3 Å². The molecule has 0 amide bonds. The third-order valence-corrected chi connectivity index (χ3v) is 10.3. The van der Waals surface area contributed by atoms with E-state index in [0.29, 0.717) is 36.8 Å². The van der Waals surface area contributed by atoms with Crippen LogP contribution < -0.4 is 0 Å². The summed E-state index contributed by atoms with van der Waals surface area (Å²) in [7, 11) is -4.11. The fourth-order valence-corrected chi connectivity index (χ4v) is 8.19. The molecule has 198 valence electrons. The number of nitrogens with zero attached hydrogens (tertiary/aromatic N) is 1. The van der Waals surface area contributed by atoms with Gasteiger partial charge in [0.05, 0.1) is 6.10 Å². The third-order valence-electron chi connectivity index (χ3n) is 9.33. The van der Waals surface area contributed by atoms with Gasteiger partial charge in [-0.25, -0.2) is 0 Å². The Hall–Kier alpha value is -1.15. The lowest BCUT2D eigenvalue weighted by Gasteiger charge is -2.50. The van der Waals surface area contributed by atoms with Gasteiger partial charge in [0.2, 0.25) is 0 Å². The zero-order valence-electron chi connectivity index (χ0n) is 21.6. The first-order valence-electron chi connectivity index (χ1n) is 13.9. The van der Waals surface area contributed by atoms with Gasteiger partial charge in [-0.3, -0.25) is 4.55 Å². The average Bonchev–Trinajstić information content (AvgIpc) is 3.15. The maximum Gasteiger partial charge on any atom is 0.335 e. The molecule has 3 aliphatic rings. The molecule has 2 saturated carbocycles. The Kier molecular flexibility index (Phi) is 8.83. The van der Waals surface area contributed by atoms with E-state index in [1.807, 2.05) is 12.1 Å². The molecule has 4 rings (SSSR count). The van der Waals surface area contributed by atoms with Crippen molar-refractivity contribution < 1.29 is 22.8 Å². The molecule has 2 N–H and O–H groups in total. The van der Waals surface area contributed by atoms with Gasteiger partial charge in [0.1, 0.15) is 5.75 Å². The second-order valence-corrected chi connectivity index (χ2v) is 12.8. The first-order chi connectivity index (χ1) is 16.7. The Labute approximate surface area is 212 Å². The highest BCUT2D eigenvalue weighted by molar-refractivity contribution is 7.83. The molecule has 0 saturated heterocycles. The van der Waals surface area contributed by atoms with E-state index in [0.717, 1.165) is 63.9 Å². The summed E-state index contributed by atoms with van der Waals surface area (Å²) in [6, 6.07) is 6.00. The highest BCUT2D eigenvalue weighted by atomic mass is 32.2. The van der Waals surface area contributed by atoms with Gasteiger partial charge < -0.3 is 9.84 Å². The van der Waals surface area contributed by atoms with Crippen molar-refractivity contribution in [2.45, 2.75) is 103 Å². The SMILES string of the molecule is CCCCCN(CCCCCO[C@@H]1CC[C@H]2[C@@H]3CCc4cc(O)ccc4[C@H]3CC[C@]12C)S(=O)(=O)O. The normalized spacial score (nSPS) is 30.2. The van der Waals surface area contributed by atoms with Crippen LogP contribution in [0, 0.1) is 17.3 Å². The second kappa shape index (κ2) is 11.5. The van der Waals surface area contributed by atoms with Gasteiger partial charge in [0, 0.05) is 19.7 Å². The summed E-state index contributed by atoms with van der Waals surface area (Å²) in [6.07, 6.45) is 12.8. The van der Waals surface area contributed by atoms with Gasteiger partial charge in [0.15, 0.2) is 0 Å². The predicted octanol–water partition coefficient (Wildman–Crippen LogP) is 6.10. The van der Waals surface area contributed by atoms with E-state index >= 15 is 0 Å². The number of phenolic OH excluding ortho intramolecular Hbond substituents is 1. The van der Waals surface area contributed by atoms with Crippen LogP contribution in [-0.4, -0.2) is 48.2 Å². The number of benzene rings is 1. The molecule has 3 aliphatic carbocycles. The van der Waals surface area contributed by atoms with Crippen molar-refractivity contribution in [3.8, 4) is 5.75 Å². The Morgan fingerprint density at radius 3 is 2.57 bits per heavy atom. The van der Waals surface area contributed by atoms with Gasteiger partial charge in [0.25, 0.3) is 0 Å². The van der Waals surface area contributed by atoms with Crippen molar-refractivity contribution >= 4 is 10.3 Å². The molecule has 7 heteroatoms. The first kappa shape index (κ1) is 26.9. The highest BCUT2D eigenvalue weighted by Gasteiger charge is 2.55. The molecule has 0 unspecified atom stereocenters. The molecule has 1 aromatic rings. The van der Waals surface area contributed by atoms with Crippen LogP contribution in [0.1, 0.15) is 102 Å². The highest BCUT2D eigenvalue weighted by Crippen LogP contribution is 2.61. The lowest BCUT2D eigenvalue weighted by molar-refractivity contribution is -0.0647. The van der Waals surface area contributed by atoms with E-state index in [1.54, 1.807) is 0 Å². The molecule has 1 aromatic carbocycles. The molecule has 35 heavy (non-hydrogen) atoms. The molecule has 0 spiro atoms. The summed E-state index contributed by atoms with van der Waals surface area (Å²) in [5.41, 5.74) is 3.06. The minimum absolute atomic E-state index is 0.247. The number of unbranched alkanes of at least 4 members (excludes halogenated alkanes) is 4. The van der Waals surface area contributed by atoms with Gasteiger partial charge in [-0.15, -0.1) is 0 Å². The van der Waals surface area contributed by atoms with Crippen LogP contribution in [0.15, 0.2) is 18.2 Å². The van der Waals surface area contributed by atoms with Crippen LogP contribution in [0.4, 0.5) is 0 Å². The minimum atomic E-state index is -4.11. The van der Waals surface area contributed by atoms with Crippen molar-refractivity contribution in [2.75, 3.05) is 19.7 Å². The molecule has 0 heterocycles. The summed E-state index contributed by atoms with van der Waals surface area (Å²) in [6.45, 7) is 6.05. The van der Waals surface area contributed by atoms with E-state index in [-0.39, 0.29) is 5.41 Å². The Morgan fingerprint density at radius 1 is 1.06 bits per heavy atom. The molecule has 0 aliphatic heterocycles. The molecule has 0 radical (unpaired) electrons. The number of aromatic hydroxyl groups is 1. The van der Waals surface area contributed by atoms with Crippen LogP contribution >= 0.6 is 0 Å². The summed E-state index contributed by atoms with van der Waals surface area (Å²) >= 11 is 0. The van der Waals surface area contributed by atoms with E-state index in [2.05, 4.69) is 19.9 Å². The van der Waals surface area contributed by atoms with Crippen LogP contribution in [0.2, 0.25) is 0 Å². The van der Waals surface area contributed by atoms with Gasteiger partial charge in [-0.2, -0.15) is 12.7 Å². The van der Waals surface area contributed by atoms with E-state index in [4.69, 9.17) is 4.74 Å². The zero-order chi connectivity index (χ0) is 25.1. The minimum Gasteiger partial charge on any atom is -0.508 e. The van der Waals surface area contributed by atoms with Crippen molar-refractivity contribution in [3.05, 3.63) is 29.3 Å². The molecular weight excluding hydrogens is 462 g/mol. The fraction of sp³-hybridized carbons (Fsp3) is 0.786. The number of rotatable bonds is 12. The Bertz CT molecular complexity index is 951. The Balaban J connectivity index is 1.23. The Morgan fingerprint density at radius 2 is 1.83 bits per heavy atom. The molecule has 6 nitrogen and oxygen atoms in total. The first-order valence-corrected chi connectivity index (χ1v) is 15.3. The van der Waals surface area contributed by atoms with Crippen LogP contribution in [0.5, 0.6) is 5.75 Å². The third kappa shape index (κ3) is 6.06. The number of hydrogen-bond acceptors (Lipinski definition) is 4. The van der Waals surface area contributed by atoms with Crippen molar-refractivity contribution in [1.82, 2.24) is 4.31 Å². The number of ether oxygens (including phenoxy) is 1. The summed E-state index contributed by atoms with van der Waals surface area (Å²) in [5, 5.41) is 9.90. The summed E-state index contributed by atoms with van der Waals surface area (Å²) in [4.78, 5) is 0. The van der Waals surface area contributed by atoms with Crippen LogP contribution in [0.25, 0.3) is 0 Å². The van der Waals surface area contributed by atoms with E-state index < -0.39 is 10.3 Å². The number of hydrogen-bond donors (Lipinski definition) is 2. The van der Waals surface area contributed by atoms with Crippen molar-refractivity contribution in [3.63, 3.8) is 0 Å². The summed E-state index contributed by atoms with van der Waals surface area (Å²) in [5.74, 6) is 2.44. The van der Waals surface area contributed by atoms with E-state index in [9.17, 15) is 18.1 Å². The van der Waals surface area contributed by atoms with Crippen molar-refractivity contribution in [2.24, 2.45) is 17.3 Å². The zero-order valence-corrected chi connectivity index (χ0v) is 22.4. The fourth-order valence-electron chi connectivity index (χ4n) is 7.47. The second-order valence-electron chi connectivity index (χ2n) is 11.4. The molecule has 5 atom stereocenters. The largest absolute Gasteiger partial charge is 0.508 e. The van der Waals surface area contributed by atoms with Crippen molar-refractivity contribution in [1.29, 1.82) is 0 Å². The molecule has 2 fully saturated rings. The lowest BCUT2D eigenvalue weighted by Crippen LogP contribution is -2.44. The lowest BCUT2D eigenvalue weighted by atomic mass is 9.55. The number of fused-ring (bicyclic) bond motifs is 5. The number of phenols is 1. The monoisotopic (exact) mass is 507 g/mol. The average molecular weight is 508 g/mol. The number of aryl methyl sites for hydroxylation is 1. The van der Waals surface area contributed by atoms with Gasteiger partial charge in [-0.1, -0.05) is 32.8 Å². The molecular formula is C28H45NO5S. The maximum absolute atomic E-state index is 11.6. The van der Waals surface area contributed by atoms with Crippen LogP contribution in [0.3, 0.4) is 0 Å². The quantitative estimate of drug-likeness (QED) is 0.264. The summed E-state index contributed by atoms with van der Waals surface area (Å²) < 4.78 is 40.4. The van der Waals surface area contributed by atoms with E-state index in [1.165, 1.54) is 41.1 Å². The smallest absolute Gasteiger partial charge is 0.335 e. The van der Waals surface area contributed by atoms with Gasteiger partial charge in [-0.05, 0) is 111 Å².